The predicted molar refractivity (Wildman–Crippen MR) is 105 cm³/mol. The van der Waals surface area contributed by atoms with Gasteiger partial charge in [-0.15, -0.1) is 11.8 Å². The zero-order chi connectivity index (χ0) is 18.5. The summed E-state index contributed by atoms with van der Waals surface area (Å²) in [4.78, 5) is 25.2. The standard InChI is InChI=1S/C20H20ClNO3S/c1-13(20(24)22-17-7-3-6-16(21)11-17)25-19(23)12-26-18-9-8-14-4-2-5-15(14)10-18/h3,6-11,13H,2,4-5,12H2,1H3,(H,22,24)/t13-/m0/s1. The number of hydrogen-bond acceptors (Lipinski definition) is 4. The van der Waals surface area contributed by atoms with Crippen molar-refractivity contribution in [2.24, 2.45) is 0 Å². The van der Waals surface area contributed by atoms with Crippen LogP contribution in [0.4, 0.5) is 5.69 Å². The van der Waals surface area contributed by atoms with Gasteiger partial charge < -0.3 is 10.1 Å². The van der Waals surface area contributed by atoms with E-state index in [1.807, 2.05) is 6.07 Å². The van der Waals surface area contributed by atoms with Crippen molar-refractivity contribution in [2.45, 2.75) is 37.2 Å². The average Bonchev–Trinajstić information content (AvgIpc) is 3.07. The number of carbonyl (C=O) groups is 2. The van der Waals surface area contributed by atoms with E-state index in [1.165, 1.54) is 29.3 Å². The molecule has 0 saturated carbocycles. The Bertz CT molecular complexity index is 824. The zero-order valence-corrected chi connectivity index (χ0v) is 16.0. The summed E-state index contributed by atoms with van der Waals surface area (Å²) in [6.07, 6.45) is 2.57. The molecular weight excluding hydrogens is 370 g/mol. The fraction of sp³-hybridized carbons (Fsp3) is 0.300. The van der Waals surface area contributed by atoms with Gasteiger partial charge in [-0.2, -0.15) is 0 Å². The molecule has 1 amide bonds. The summed E-state index contributed by atoms with van der Waals surface area (Å²) in [5.41, 5.74) is 3.35. The minimum atomic E-state index is -0.873. The van der Waals surface area contributed by atoms with Gasteiger partial charge >= 0.3 is 5.97 Å². The Morgan fingerprint density at radius 3 is 2.81 bits per heavy atom. The lowest BCUT2D eigenvalue weighted by Crippen LogP contribution is -2.30. The quantitative estimate of drug-likeness (QED) is 0.584. The molecule has 0 aromatic heterocycles. The van der Waals surface area contributed by atoms with Crippen LogP contribution in [0.25, 0.3) is 0 Å². The Morgan fingerprint density at radius 1 is 1.19 bits per heavy atom. The number of halogens is 1. The Labute approximate surface area is 162 Å². The van der Waals surface area contributed by atoms with E-state index in [9.17, 15) is 9.59 Å². The fourth-order valence-corrected chi connectivity index (χ4v) is 3.81. The first-order valence-corrected chi connectivity index (χ1v) is 9.88. The highest BCUT2D eigenvalue weighted by Gasteiger charge is 2.18. The SMILES string of the molecule is C[C@H](OC(=O)CSc1ccc2c(c1)CCC2)C(=O)Nc1cccc(Cl)c1. The van der Waals surface area contributed by atoms with Crippen LogP contribution in [-0.4, -0.2) is 23.7 Å². The van der Waals surface area contributed by atoms with Gasteiger partial charge in [-0.25, -0.2) is 0 Å². The van der Waals surface area contributed by atoms with Crippen LogP contribution in [0, 0.1) is 0 Å². The average molecular weight is 390 g/mol. The lowest BCUT2D eigenvalue weighted by Gasteiger charge is -2.13. The van der Waals surface area contributed by atoms with Crippen LogP contribution in [-0.2, 0) is 27.2 Å². The summed E-state index contributed by atoms with van der Waals surface area (Å²) in [7, 11) is 0. The highest BCUT2D eigenvalue weighted by atomic mass is 35.5. The molecule has 1 atom stereocenters. The first-order valence-electron chi connectivity index (χ1n) is 8.52. The number of fused-ring (bicyclic) bond motifs is 1. The van der Waals surface area contributed by atoms with Gasteiger partial charge in [0, 0.05) is 15.6 Å². The van der Waals surface area contributed by atoms with Gasteiger partial charge in [-0.05, 0) is 67.6 Å². The molecule has 0 bridgehead atoms. The highest BCUT2D eigenvalue weighted by molar-refractivity contribution is 8.00. The third-order valence-corrected chi connectivity index (χ3v) is 5.40. The molecule has 6 heteroatoms. The van der Waals surface area contributed by atoms with E-state index in [4.69, 9.17) is 16.3 Å². The number of carbonyl (C=O) groups excluding carboxylic acids is 2. The molecule has 1 N–H and O–H groups in total. The number of ether oxygens (including phenoxy) is 1. The molecule has 2 aromatic rings. The summed E-state index contributed by atoms with van der Waals surface area (Å²) >= 11 is 7.32. The summed E-state index contributed by atoms with van der Waals surface area (Å²) in [5.74, 6) is -0.625. The maximum atomic E-state index is 12.1. The first-order chi connectivity index (χ1) is 12.5. The van der Waals surface area contributed by atoms with Crippen molar-refractivity contribution in [3.8, 4) is 0 Å². The lowest BCUT2D eigenvalue weighted by atomic mass is 10.1. The molecule has 0 spiro atoms. The molecule has 136 valence electrons. The second-order valence-electron chi connectivity index (χ2n) is 6.20. The van der Waals surface area contributed by atoms with Crippen molar-refractivity contribution in [3.63, 3.8) is 0 Å². The van der Waals surface area contributed by atoms with E-state index >= 15 is 0 Å². The summed E-state index contributed by atoms with van der Waals surface area (Å²) in [6.45, 7) is 1.55. The van der Waals surface area contributed by atoms with Crippen LogP contribution in [0.3, 0.4) is 0 Å². The summed E-state index contributed by atoms with van der Waals surface area (Å²) in [5, 5.41) is 3.21. The molecule has 1 aliphatic rings. The molecule has 0 unspecified atom stereocenters. The Balaban J connectivity index is 1.47. The van der Waals surface area contributed by atoms with E-state index in [0.29, 0.717) is 10.7 Å². The normalized spacial score (nSPS) is 13.8. The van der Waals surface area contributed by atoms with E-state index in [0.717, 1.165) is 17.7 Å². The molecule has 0 saturated heterocycles. The number of amides is 1. The van der Waals surface area contributed by atoms with Crippen LogP contribution >= 0.6 is 23.4 Å². The number of nitrogens with one attached hydrogen (secondary N) is 1. The van der Waals surface area contributed by atoms with Crippen molar-refractivity contribution in [1.82, 2.24) is 0 Å². The fourth-order valence-electron chi connectivity index (χ4n) is 2.88. The summed E-state index contributed by atoms with van der Waals surface area (Å²) < 4.78 is 5.22. The molecule has 0 aliphatic heterocycles. The van der Waals surface area contributed by atoms with Gasteiger partial charge in [0.25, 0.3) is 5.91 Å². The number of anilines is 1. The second-order valence-corrected chi connectivity index (χ2v) is 7.69. The Hall–Kier alpha value is -1.98. The number of rotatable bonds is 6. The van der Waals surface area contributed by atoms with Crippen molar-refractivity contribution in [1.29, 1.82) is 0 Å². The molecule has 0 heterocycles. The van der Waals surface area contributed by atoms with Gasteiger partial charge in [0.1, 0.15) is 0 Å². The zero-order valence-electron chi connectivity index (χ0n) is 14.5. The molecule has 1 aliphatic carbocycles. The third-order valence-electron chi connectivity index (χ3n) is 4.20. The second kappa shape index (κ2) is 8.60. The van der Waals surface area contributed by atoms with E-state index in [2.05, 4.69) is 17.4 Å². The van der Waals surface area contributed by atoms with Crippen molar-refractivity contribution < 1.29 is 14.3 Å². The van der Waals surface area contributed by atoms with Gasteiger partial charge in [-0.3, -0.25) is 9.59 Å². The minimum absolute atomic E-state index is 0.174. The molecular formula is C20H20ClNO3S. The summed E-state index contributed by atoms with van der Waals surface area (Å²) in [6, 6.07) is 13.1. The van der Waals surface area contributed by atoms with Crippen LogP contribution in [0.1, 0.15) is 24.5 Å². The number of aryl methyl sites for hydroxylation is 2. The van der Waals surface area contributed by atoms with Gasteiger partial charge in [0.05, 0.1) is 5.75 Å². The Morgan fingerprint density at radius 2 is 2.00 bits per heavy atom. The molecule has 3 rings (SSSR count). The van der Waals surface area contributed by atoms with Crippen molar-refractivity contribution >= 4 is 40.9 Å². The van der Waals surface area contributed by atoms with Gasteiger partial charge in [0.2, 0.25) is 0 Å². The molecule has 4 nitrogen and oxygen atoms in total. The molecule has 0 fully saturated rings. The van der Waals surface area contributed by atoms with E-state index in [-0.39, 0.29) is 11.7 Å². The van der Waals surface area contributed by atoms with Crippen LogP contribution in [0.5, 0.6) is 0 Å². The highest BCUT2D eigenvalue weighted by Crippen LogP contribution is 2.27. The van der Waals surface area contributed by atoms with Crippen molar-refractivity contribution in [3.05, 3.63) is 58.6 Å². The number of hydrogen-bond donors (Lipinski definition) is 1. The topological polar surface area (TPSA) is 55.4 Å². The monoisotopic (exact) mass is 389 g/mol. The number of thioether (sulfide) groups is 1. The smallest absolute Gasteiger partial charge is 0.317 e. The predicted octanol–water partition coefficient (Wildman–Crippen LogP) is 4.49. The van der Waals surface area contributed by atoms with Gasteiger partial charge in [0.15, 0.2) is 6.10 Å². The van der Waals surface area contributed by atoms with Crippen LogP contribution < -0.4 is 5.32 Å². The van der Waals surface area contributed by atoms with E-state index < -0.39 is 12.1 Å². The molecule has 26 heavy (non-hydrogen) atoms. The Kier molecular flexibility index (Phi) is 6.22. The maximum Gasteiger partial charge on any atom is 0.317 e. The lowest BCUT2D eigenvalue weighted by molar-refractivity contribution is -0.150. The van der Waals surface area contributed by atoms with Crippen LogP contribution in [0.2, 0.25) is 5.02 Å². The number of benzene rings is 2. The van der Waals surface area contributed by atoms with Crippen LogP contribution in [0.15, 0.2) is 47.4 Å². The molecule has 2 aromatic carbocycles. The van der Waals surface area contributed by atoms with E-state index in [1.54, 1.807) is 31.2 Å². The minimum Gasteiger partial charge on any atom is -0.452 e. The van der Waals surface area contributed by atoms with Crippen molar-refractivity contribution in [2.75, 3.05) is 11.1 Å². The molecule has 0 radical (unpaired) electrons. The van der Waals surface area contributed by atoms with Gasteiger partial charge in [-0.1, -0.05) is 23.7 Å². The maximum absolute atomic E-state index is 12.1. The number of esters is 1. The first kappa shape index (κ1) is 18.8. The third kappa shape index (κ3) is 5.02. The largest absolute Gasteiger partial charge is 0.452 e.